The molecule has 6 heteroatoms. The molecule has 6 nitrogen and oxygen atoms in total. The van der Waals surface area contributed by atoms with Crippen LogP contribution in [0.3, 0.4) is 0 Å². The molecule has 0 aromatic carbocycles. The molecule has 0 fully saturated rings. The highest BCUT2D eigenvalue weighted by atomic mass is 16.5. The van der Waals surface area contributed by atoms with Crippen molar-refractivity contribution in [1.82, 2.24) is 9.55 Å². The molecular weight excluding hydrogens is 174 g/mol. The van der Waals surface area contributed by atoms with Crippen LogP contribution in [0, 0.1) is 0 Å². The van der Waals surface area contributed by atoms with Crippen LogP contribution in [0.15, 0.2) is 6.20 Å². The molecule has 1 aliphatic rings. The van der Waals surface area contributed by atoms with Crippen LogP contribution in [0.25, 0.3) is 0 Å². The number of carboxylic acids is 1. The van der Waals surface area contributed by atoms with Gasteiger partial charge in [-0.05, 0) is 0 Å². The summed E-state index contributed by atoms with van der Waals surface area (Å²) in [6.45, 7) is 0.435. The van der Waals surface area contributed by atoms with Gasteiger partial charge in [-0.15, -0.1) is 0 Å². The van der Waals surface area contributed by atoms with Crippen LogP contribution in [0.1, 0.15) is 5.82 Å². The molecule has 0 bridgehead atoms. The molecule has 1 atom stereocenters. The zero-order valence-corrected chi connectivity index (χ0v) is 6.80. The molecule has 3 N–H and O–H groups in total. The number of hydrogen-bond acceptors (Lipinski definition) is 4. The SMILES string of the molecule is Nc1cnc2n1CC(C(=O)O)OC2. The van der Waals surface area contributed by atoms with E-state index >= 15 is 0 Å². The molecule has 0 saturated carbocycles. The van der Waals surface area contributed by atoms with Crippen molar-refractivity contribution in [3.05, 3.63) is 12.0 Å². The molecule has 1 unspecified atom stereocenters. The topological polar surface area (TPSA) is 90.4 Å². The number of ether oxygens (including phenoxy) is 1. The third-order valence-corrected chi connectivity index (χ3v) is 2.01. The van der Waals surface area contributed by atoms with E-state index in [0.29, 0.717) is 11.6 Å². The molecule has 1 aliphatic heterocycles. The lowest BCUT2D eigenvalue weighted by molar-refractivity contribution is -0.154. The normalized spacial score (nSPS) is 21.1. The van der Waals surface area contributed by atoms with Crippen LogP contribution >= 0.6 is 0 Å². The first-order valence-electron chi connectivity index (χ1n) is 3.83. The average Bonchev–Trinajstić information content (AvgIpc) is 2.47. The van der Waals surface area contributed by atoms with E-state index in [4.69, 9.17) is 15.6 Å². The van der Waals surface area contributed by atoms with E-state index in [1.807, 2.05) is 0 Å². The van der Waals surface area contributed by atoms with Crippen LogP contribution < -0.4 is 5.73 Å². The highest BCUT2D eigenvalue weighted by Gasteiger charge is 2.26. The summed E-state index contributed by atoms with van der Waals surface area (Å²) in [6.07, 6.45) is 0.687. The van der Waals surface area contributed by atoms with Crippen LogP contribution in [-0.2, 0) is 22.7 Å². The van der Waals surface area contributed by atoms with Gasteiger partial charge in [0.05, 0.1) is 12.7 Å². The van der Waals surface area contributed by atoms with Crippen molar-refractivity contribution in [2.45, 2.75) is 19.3 Å². The van der Waals surface area contributed by atoms with Crippen molar-refractivity contribution in [3.63, 3.8) is 0 Å². The molecule has 1 aromatic rings. The summed E-state index contributed by atoms with van der Waals surface area (Å²) >= 11 is 0. The van der Waals surface area contributed by atoms with Crippen LogP contribution in [0.4, 0.5) is 5.82 Å². The minimum absolute atomic E-state index is 0.203. The predicted molar refractivity (Wildman–Crippen MR) is 42.9 cm³/mol. The van der Waals surface area contributed by atoms with E-state index in [9.17, 15) is 4.79 Å². The van der Waals surface area contributed by atoms with Gasteiger partial charge in [0.2, 0.25) is 0 Å². The largest absolute Gasteiger partial charge is 0.479 e. The van der Waals surface area contributed by atoms with Gasteiger partial charge >= 0.3 is 5.97 Å². The quantitative estimate of drug-likeness (QED) is 0.609. The number of carboxylic acid groups (broad SMARTS) is 1. The summed E-state index contributed by atoms with van der Waals surface area (Å²) in [5.41, 5.74) is 5.58. The number of carbonyl (C=O) groups is 1. The first-order chi connectivity index (χ1) is 6.18. The summed E-state index contributed by atoms with van der Waals surface area (Å²) in [5.74, 6) is 0.179. The van der Waals surface area contributed by atoms with Crippen molar-refractivity contribution in [2.75, 3.05) is 5.73 Å². The Balaban J connectivity index is 2.27. The van der Waals surface area contributed by atoms with Crippen molar-refractivity contribution in [3.8, 4) is 0 Å². The minimum Gasteiger partial charge on any atom is -0.479 e. The highest BCUT2D eigenvalue weighted by molar-refractivity contribution is 5.72. The first kappa shape index (κ1) is 8.06. The number of aromatic nitrogens is 2. The molecule has 2 heterocycles. The maximum Gasteiger partial charge on any atom is 0.334 e. The molecular formula is C7H9N3O3. The van der Waals surface area contributed by atoms with Gasteiger partial charge in [-0.25, -0.2) is 9.78 Å². The van der Waals surface area contributed by atoms with Crippen LogP contribution in [0.5, 0.6) is 0 Å². The fourth-order valence-corrected chi connectivity index (χ4v) is 1.30. The number of nitrogen functional groups attached to an aromatic ring is 1. The molecule has 0 spiro atoms. The Labute approximate surface area is 73.9 Å². The lowest BCUT2D eigenvalue weighted by Crippen LogP contribution is -2.34. The van der Waals surface area contributed by atoms with E-state index in [-0.39, 0.29) is 13.2 Å². The second kappa shape index (κ2) is 2.74. The van der Waals surface area contributed by atoms with E-state index in [2.05, 4.69) is 4.98 Å². The third-order valence-electron chi connectivity index (χ3n) is 2.01. The molecule has 70 valence electrons. The van der Waals surface area contributed by atoms with Crippen LogP contribution in [0.2, 0.25) is 0 Å². The van der Waals surface area contributed by atoms with Gasteiger partial charge in [-0.1, -0.05) is 0 Å². The van der Waals surface area contributed by atoms with E-state index < -0.39 is 12.1 Å². The molecule has 0 radical (unpaired) electrons. The number of fused-ring (bicyclic) bond motifs is 1. The molecule has 2 rings (SSSR count). The maximum absolute atomic E-state index is 10.6. The van der Waals surface area contributed by atoms with Gasteiger partial charge in [0.1, 0.15) is 18.2 Å². The second-order valence-electron chi connectivity index (χ2n) is 2.85. The summed E-state index contributed by atoms with van der Waals surface area (Å²) in [5, 5.41) is 8.69. The van der Waals surface area contributed by atoms with E-state index in [1.165, 1.54) is 6.20 Å². The average molecular weight is 183 g/mol. The lowest BCUT2D eigenvalue weighted by atomic mass is 10.3. The fourth-order valence-electron chi connectivity index (χ4n) is 1.30. The highest BCUT2D eigenvalue weighted by Crippen LogP contribution is 2.16. The Morgan fingerprint density at radius 3 is 3.31 bits per heavy atom. The molecule has 0 aliphatic carbocycles. The second-order valence-corrected chi connectivity index (χ2v) is 2.85. The summed E-state index contributed by atoms with van der Waals surface area (Å²) < 4.78 is 6.70. The number of aliphatic carboxylic acids is 1. The zero-order chi connectivity index (χ0) is 9.42. The fraction of sp³-hybridized carbons (Fsp3) is 0.429. The number of anilines is 1. The van der Waals surface area contributed by atoms with Crippen molar-refractivity contribution < 1.29 is 14.6 Å². The molecule has 1 aromatic heterocycles. The van der Waals surface area contributed by atoms with Crippen molar-refractivity contribution >= 4 is 11.8 Å². The smallest absolute Gasteiger partial charge is 0.334 e. The molecule has 13 heavy (non-hydrogen) atoms. The number of rotatable bonds is 1. The summed E-state index contributed by atoms with van der Waals surface area (Å²) in [6, 6.07) is 0. The zero-order valence-electron chi connectivity index (χ0n) is 6.80. The standard InChI is InChI=1S/C7H9N3O3/c8-5-1-9-6-3-13-4(7(11)12)2-10(5)6/h1,4H,2-3,8H2,(H,11,12). The Bertz CT molecular complexity index is 347. The van der Waals surface area contributed by atoms with Gasteiger partial charge in [0.15, 0.2) is 6.10 Å². The third kappa shape index (κ3) is 1.25. The van der Waals surface area contributed by atoms with Gasteiger partial charge in [-0.2, -0.15) is 0 Å². The Morgan fingerprint density at radius 1 is 1.85 bits per heavy atom. The van der Waals surface area contributed by atoms with Gasteiger partial charge in [-0.3, -0.25) is 0 Å². The number of hydrogen-bond donors (Lipinski definition) is 2. The minimum atomic E-state index is -0.973. The number of nitrogens with zero attached hydrogens (tertiary/aromatic N) is 2. The van der Waals surface area contributed by atoms with E-state index in [1.54, 1.807) is 4.57 Å². The Hall–Kier alpha value is -1.56. The molecule has 0 amide bonds. The van der Waals surface area contributed by atoms with Crippen molar-refractivity contribution in [2.24, 2.45) is 0 Å². The number of imidazole rings is 1. The number of nitrogens with two attached hydrogens (primary N) is 1. The molecule has 0 saturated heterocycles. The predicted octanol–water partition coefficient (Wildman–Crippen LogP) is -0.551. The summed E-state index contributed by atoms with van der Waals surface area (Å²) in [7, 11) is 0. The van der Waals surface area contributed by atoms with Gasteiger partial charge < -0.3 is 20.1 Å². The Morgan fingerprint density at radius 2 is 2.62 bits per heavy atom. The Kier molecular flexibility index (Phi) is 1.70. The van der Waals surface area contributed by atoms with E-state index in [0.717, 1.165) is 0 Å². The lowest BCUT2D eigenvalue weighted by Gasteiger charge is -2.21. The maximum atomic E-state index is 10.6. The van der Waals surface area contributed by atoms with Gasteiger partial charge in [0, 0.05) is 0 Å². The monoisotopic (exact) mass is 183 g/mol. The van der Waals surface area contributed by atoms with Crippen molar-refractivity contribution in [1.29, 1.82) is 0 Å². The van der Waals surface area contributed by atoms with Gasteiger partial charge in [0.25, 0.3) is 0 Å². The van der Waals surface area contributed by atoms with Crippen LogP contribution in [-0.4, -0.2) is 26.7 Å². The first-order valence-corrected chi connectivity index (χ1v) is 3.83. The summed E-state index contributed by atoms with van der Waals surface area (Å²) in [4.78, 5) is 14.6.